The van der Waals surface area contributed by atoms with Gasteiger partial charge in [-0.25, -0.2) is 0 Å². The highest BCUT2D eigenvalue weighted by molar-refractivity contribution is 4.64. The number of hydrogen-bond donors (Lipinski definition) is 1. The SMILES string of the molecule is [CH]=CCNCCC. The fourth-order valence-electron chi connectivity index (χ4n) is 0.362. The molecule has 1 radical (unpaired) electrons. The topological polar surface area (TPSA) is 12.0 Å². The molecule has 0 heterocycles. The van der Waals surface area contributed by atoms with Crippen LogP contribution in [0.1, 0.15) is 13.3 Å². The van der Waals surface area contributed by atoms with Gasteiger partial charge in [0.1, 0.15) is 0 Å². The van der Waals surface area contributed by atoms with Gasteiger partial charge < -0.3 is 5.32 Å². The van der Waals surface area contributed by atoms with Crippen LogP contribution in [0.2, 0.25) is 0 Å². The molecule has 0 aliphatic heterocycles. The first-order valence-electron chi connectivity index (χ1n) is 2.66. The summed E-state index contributed by atoms with van der Waals surface area (Å²) in [5.74, 6) is 0. The average molecular weight is 98.2 g/mol. The van der Waals surface area contributed by atoms with Gasteiger partial charge in [-0.1, -0.05) is 19.6 Å². The summed E-state index contributed by atoms with van der Waals surface area (Å²) in [4.78, 5) is 0. The van der Waals surface area contributed by atoms with Crippen molar-refractivity contribution in [3.63, 3.8) is 0 Å². The van der Waals surface area contributed by atoms with E-state index in [9.17, 15) is 0 Å². The van der Waals surface area contributed by atoms with Crippen LogP contribution < -0.4 is 5.32 Å². The Hall–Kier alpha value is -0.300. The first-order valence-corrected chi connectivity index (χ1v) is 2.66. The highest BCUT2D eigenvalue weighted by Gasteiger charge is 1.73. The van der Waals surface area contributed by atoms with Gasteiger partial charge in [-0.05, 0) is 13.0 Å². The van der Waals surface area contributed by atoms with Crippen molar-refractivity contribution in [3.8, 4) is 0 Å². The van der Waals surface area contributed by atoms with Gasteiger partial charge in [0, 0.05) is 6.54 Å². The Balaban J connectivity index is 2.56. The summed E-state index contributed by atoms with van der Waals surface area (Å²) in [6.45, 7) is 9.10. The summed E-state index contributed by atoms with van der Waals surface area (Å²) >= 11 is 0. The zero-order valence-corrected chi connectivity index (χ0v) is 4.78. The summed E-state index contributed by atoms with van der Waals surface area (Å²) < 4.78 is 0. The molecule has 0 bridgehead atoms. The molecule has 0 rings (SSSR count). The zero-order chi connectivity index (χ0) is 5.54. The minimum absolute atomic E-state index is 0.827. The molecule has 0 fully saturated rings. The number of nitrogens with one attached hydrogen (secondary N) is 1. The van der Waals surface area contributed by atoms with Gasteiger partial charge in [-0.3, -0.25) is 0 Å². The van der Waals surface area contributed by atoms with Crippen LogP contribution in [0.5, 0.6) is 0 Å². The van der Waals surface area contributed by atoms with E-state index in [1.807, 2.05) is 0 Å². The Labute approximate surface area is 45.4 Å². The van der Waals surface area contributed by atoms with Gasteiger partial charge in [0.15, 0.2) is 0 Å². The first kappa shape index (κ1) is 6.70. The molecule has 0 aromatic carbocycles. The smallest absolute Gasteiger partial charge is 0.0137 e. The molecule has 0 amide bonds. The molecular formula is C6H12N. The van der Waals surface area contributed by atoms with Crippen molar-refractivity contribution in [2.45, 2.75) is 13.3 Å². The van der Waals surface area contributed by atoms with E-state index in [1.165, 1.54) is 6.42 Å². The van der Waals surface area contributed by atoms with Gasteiger partial charge in [0.2, 0.25) is 0 Å². The zero-order valence-electron chi connectivity index (χ0n) is 4.78. The monoisotopic (exact) mass is 98.1 g/mol. The molecule has 7 heavy (non-hydrogen) atoms. The second-order valence-corrected chi connectivity index (χ2v) is 1.44. The maximum absolute atomic E-state index is 5.08. The van der Waals surface area contributed by atoms with Crippen molar-refractivity contribution in [2.75, 3.05) is 13.1 Å². The van der Waals surface area contributed by atoms with Crippen molar-refractivity contribution in [1.29, 1.82) is 0 Å². The first-order chi connectivity index (χ1) is 3.41. The van der Waals surface area contributed by atoms with Crippen LogP contribution in [0.4, 0.5) is 0 Å². The van der Waals surface area contributed by atoms with Crippen molar-refractivity contribution in [3.05, 3.63) is 12.7 Å². The Morgan fingerprint density at radius 3 is 2.86 bits per heavy atom. The average Bonchev–Trinajstić information content (AvgIpc) is 1.69. The number of hydrogen-bond acceptors (Lipinski definition) is 1. The lowest BCUT2D eigenvalue weighted by Gasteiger charge is -1.93. The Morgan fingerprint density at radius 1 is 1.71 bits per heavy atom. The molecular weight excluding hydrogens is 86.1 g/mol. The van der Waals surface area contributed by atoms with Gasteiger partial charge in [0.05, 0.1) is 0 Å². The molecule has 0 saturated heterocycles. The third kappa shape index (κ3) is 5.70. The predicted molar refractivity (Wildman–Crippen MR) is 32.0 cm³/mol. The third-order valence-electron chi connectivity index (χ3n) is 0.689. The van der Waals surface area contributed by atoms with E-state index < -0.39 is 0 Å². The molecule has 0 aliphatic rings. The van der Waals surface area contributed by atoms with Gasteiger partial charge in [-0.2, -0.15) is 0 Å². The molecule has 1 N–H and O–H groups in total. The van der Waals surface area contributed by atoms with Crippen LogP contribution in [0.3, 0.4) is 0 Å². The second-order valence-electron chi connectivity index (χ2n) is 1.44. The molecule has 0 atom stereocenters. The Bertz CT molecular complexity index is 41.4. The maximum atomic E-state index is 5.08. The van der Waals surface area contributed by atoms with Crippen LogP contribution in [0.15, 0.2) is 6.08 Å². The normalized spacial score (nSPS) is 8.71. The molecule has 0 aromatic rings. The van der Waals surface area contributed by atoms with Crippen LogP contribution >= 0.6 is 0 Å². The molecule has 1 nitrogen and oxygen atoms in total. The second kappa shape index (κ2) is 5.70. The van der Waals surface area contributed by atoms with E-state index in [2.05, 4.69) is 12.2 Å². The molecule has 1 heteroatoms. The van der Waals surface area contributed by atoms with Crippen LogP contribution in [0, 0.1) is 6.58 Å². The lowest BCUT2D eigenvalue weighted by Crippen LogP contribution is -2.13. The van der Waals surface area contributed by atoms with E-state index in [4.69, 9.17) is 6.58 Å². The fraction of sp³-hybridized carbons (Fsp3) is 0.667. The van der Waals surface area contributed by atoms with E-state index in [0.717, 1.165) is 13.1 Å². The Morgan fingerprint density at radius 2 is 2.43 bits per heavy atom. The molecule has 0 aromatic heterocycles. The standard InChI is InChI=1S/C6H12N/c1-3-5-7-6-4-2/h1,3,7H,4-6H2,2H3. The molecule has 0 spiro atoms. The van der Waals surface area contributed by atoms with Gasteiger partial charge in [0.25, 0.3) is 0 Å². The van der Waals surface area contributed by atoms with Crippen molar-refractivity contribution >= 4 is 0 Å². The molecule has 0 unspecified atom stereocenters. The van der Waals surface area contributed by atoms with E-state index in [-0.39, 0.29) is 0 Å². The lowest BCUT2D eigenvalue weighted by atomic mass is 10.5. The van der Waals surface area contributed by atoms with Crippen LogP contribution in [0.25, 0.3) is 0 Å². The van der Waals surface area contributed by atoms with E-state index in [0.29, 0.717) is 0 Å². The van der Waals surface area contributed by atoms with Crippen LogP contribution in [-0.4, -0.2) is 13.1 Å². The highest BCUT2D eigenvalue weighted by atomic mass is 14.8. The van der Waals surface area contributed by atoms with Crippen LogP contribution in [-0.2, 0) is 0 Å². The summed E-state index contributed by atoms with van der Waals surface area (Å²) in [6.07, 6.45) is 2.80. The Kier molecular flexibility index (Phi) is 5.46. The largest absolute Gasteiger partial charge is 0.313 e. The molecule has 41 valence electrons. The minimum atomic E-state index is 0.827. The van der Waals surface area contributed by atoms with E-state index in [1.54, 1.807) is 6.08 Å². The van der Waals surface area contributed by atoms with E-state index >= 15 is 0 Å². The minimum Gasteiger partial charge on any atom is -0.313 e. The molecule has 0 saturated carbocycles. The lowest BCUT2D eigenvalue weighted by molar-refractivity contribution is 0.729. The van der Waals surface area contributed by atoms with Gasteiger partial charge >= 0.3 is 0 Å². The quantitative estimate of drug-likeness (QED) is 0.517. The van der Waals surface area contributed by atoms with Crippen molar-refractivity contribution in [1.82, 2.24) is 5.32 Å². The maximum Gasteiger partial charge on any atom is 0.0137 e. The third-order valence-corrected chi connectivity index (χ3v) is 0.689. The van der Waals surface area contributed by atoms with Crippen molar-refractivity contribution < 1.29 is 0 Å². The summed E-state index contributed by atoms with van der Waals surface area (Å²) in [5.41, 5.74) is 0. The summed E-state index contributed by atoms with van der Waals surface area (Å²) in [6, 6.07) is 0. The van der Waals surface area contributed by atoms with Crippen molar-refractivity contribution in [2.24, 2.45) is 0 Å². The fourth-order valence-corrected chi connectivity index (χ4v) is 0.362. The summed E-state index contributed by atoms with van der Waals surface area (Å²) in [5, 5.41) is 3.10. The summed E-state index contributed by atoms with van der Waals surface area (Å²) in [7, 11) is 0. The number of rotatable bonds is 4. The van der Waals surface area contributed by atoms with Gasteiger partial charge in [-0.15, -0.1) is 0 Å². The molecule has 0 aliphatic carbocycles. The highest BCUT2D eigenvalue weighted by Crippen LogP contribution is 1.67. The predicted octanol–water partition coefficient (Wildman–Crippen LogP) is 0.975.